The van der Waals surface area contributed by atoms with Crippen LogP contribution in [0.1, 0.15) is 98.8 Å². The molecular formula is C27H44O2. The van der Waals surface area contributed by atoms with E-state index < -0.39 is 0 Å². The molecule has 0 aromatic heterocycles. The van der Waals surface area contributed by atoms with Gasteiger partial charge in [-0.25, -0.2) is 0 Å². The van der Waals surface area contributed by atoms with Crippen LogP contribution >= 0.6 is 0 Å². The Morgan fingerprint density at radius 3 is 2.48 bits per heavy atom. The van der Waals surface area contributed by atoms with Crippen molar-refractivity contribution in [2.24, 2.45) is 46.3 Å². The fourth-order valence-electron chi connectivity index (χ4n) is 7.80. The van der Waals surface area contributed by atoms with E-state index in [0.717, 1.165) is 43.3 Å². The minimum atomic E-state index is -0.259. The first-order valence-electron chi connectivity index (χ1n) is 12.4. The third kappa shape index (κ3) is 4.28. The van der Waals surface area contributed by atoms with Gasteiger partial charge in [-0.05, 0) is 85.5 Å². The number of aldehydes is 1. The van der Waals surface area contributed by atoms with Gasteiger partial charge in [0.05, 0.1) is 0 Å². The molecule has 0 N–H and O–H groups in total. The lowest BCUT2D eigenvalue weighted by molar-refractivity contribution is -0.135. The lowest BCUT2D eigenvalue weighted by Gasteiger charge is -2.54. The van der Waals surface area contributed by atoms with Crippen LogP contribution in [0, 0.1) is 46.3 Å². The van der Waals surface area contributed by atoms with Crippen molar-refractivity contribution in [3.8, 4) is 0 Å². The molecule has 3 rings (SSSR count). The van der Waals surface area contributed by atoms with E-state index in [2.05, 4.69) is 34.6 Å². The Hall–Kier alpha value is -0.920. The Morgan fingerprint density at radius 1 is 1.07 bits per heavy atom. The minimum absolute atomic E-state index is 0.259. The number of hydrogen-bond donors (Lipinski definition) is 0. The summed E-state index contributed by atoms with van der Waals surface area (Å²) >= 11 is 0. The van der Waals surface area contributed by atoms with Gasteiger partial charge in [-0.1, -0.05) is 60.0 Å². The van der Waals surface area contributed by atoms with Gasteiger partial charge < -0.3 is 4.79 Å². The molecule has 7 atom stereocenters. The molecule has 0 aliphatic heterocycles. The molecule has 3 aliphatic rings. The first-order chi connectivity index (χ1) is 13.7. The molecule has 0 bridgehead atoms. The molecule has 0 unspecified atom stereocenters. The summed E-state index contributed by atoms with van der Waals surface area (Å²) in [5.41, 5.74) is 0.0933. The van der Waals surface area contributed by atoms with Crippen LogP contribution in [0.2, 0.25) is 0 Å². The fraction of sp³-hybridized carbons (Fsp3) is 0.852. The summed E-state index contributed by atoms with van der Waals surface area (Å²) < 4.78 is 0. The van der Waals surface area contributed by atoms with Gasteiger partial charge in [-0.15, -0.1) is 0 Å². The van der Waals surface area contributed by atoms with Crippen molar-refractivity contribution in [2.45, 2.75) is 98.8 Å². The Balaban J connectivity index is 1.78. The molecule has 0 aromatic carbocycles. The molecule has 0 amide bonds. The Morgan fingerprint density at radius 2 is 1.83 bits per heavy atom. The average molecular weight is 401 g/mol. The van der Waals surface area contributed by atoms with E-state index in [0.29, 0.717) is 35.4 Å². The highest BCUT2D eigenvalue weighted by Crippen LogP contribution is 2.64. The summed E-state index contributed by atoms with van der Waals surface area (Å²) in [6.45, 7) is 11.9. The smallest absolute Gasteiger partial charge is 0.161 e. The third-order valence-electron chi connectivity index (χ3n) is 9.49. The van der Waals surface area contributed by atoms with E-state index in [4.69, 9.17) is 0 Å². The molecule has 0 aromatic rings. The molecule has 0 radical (unpaired) electrons. The lowest BCUT2D eigenvalue weighted by Crippen LogP contribution is -2.50. The number of hydrogen-bond acceptors (Lipinski definition) is 2. The summed E-state index contributed by atoms with van der Waals surface area (Å²) in [4.78, 5) is 24.6. The van der Waals surface area contributed by atoms with Gasteiger partial charge in [-0.2, -0.15) is 0 Å². The summed E-state index contributed by atoms with van der Waals surface area (Å²) in [5, 5.41) is 0. The van der Waals surface area contributed by atoms with E-state index >= 15 is 0 Å². The van der Waals surface area contributed by atoms with Crippen LogP contribution in [0.25, 0.3) is 0 Å². The van der Waals surface area contributed by atoms with E-state index in [9.17, 15) is 9.59 Å². The molecule has 2 fully saturated rings. The maximum atomic E-state index is 12.9. The Labute approximate surface area is 179 Å². The normalized spacial score (nSPS) is 40.8. The second-order valence-corrected chi connectivity index (χ2v) is 11.5. The molecule has 164 valence electrons. The molecular weight excluding hydrogens is 356 g/mol. The van der Waals surface area contributed by atoms with Gasteiger partial charge in [0.15, 0.2) is 5.78 Å². The maximum absolute atomic E-state index is 12.9. The van der Waals surface area contributed by atoms with Crippen LogP contribution in [-0.4, -0.2) is 12.1 Å². The highest BCUT2D eigenvalue weighted by Gasteiger charge is 2.58. The van der Waals surface area contributed by atoms with Crippen LogP contribution in [-0.2, 0) is 9.59 Å². The third-order valence-corrected chi connectivity index (χ3v) is 9.49. The van der Waals surface area contributed by atoms with Gasteiger partial charge in [-0.3, -0.25) is 4.79 Å². The summed E-state index contributed by atoms with van der Waals surface area (Å²) in [5.74, 6) is 4.03. The standard InChI is InChI=1S/C27H44O2/c1-19(2)9-8-10-20(3)22-12-13-23-21(15-18-28)24(14-17-26(22,23)4)27(5)16-7-6-11-25(27)29/h6,11,18-24H,7-10,12-17H2,1-5H3/t20-,21+,22-,23+,24+,26-,27-/m1/s1. The molecule has 2 nitrogen and oxygen atoms in total. The molecule has 2 saturated carbocycles. The van der Waals surface area contributed by atoms with Crippen molar-refractivity contribution in [3.63, 3.8) is 0 Å². The average Bonchev–Trinajstić information content (AvgIpc) is 3.02. The molecule has 29 heavy (non-hydrogen) atoms. The van der Waals surface area contributed by atoms with Crippen molar-refractivity contribution in [1.82, 2.24) is 0 Å². The molecule has 0 spiro atoms. The lowest BCUT2D eigenvalue weighted by atomic mass is 9.50. The van der Waals surface area contributed by atoms with E-state index in [-0.39, 0.29) is 5.41 Å². The highest BCUT2D eigenvalue weighted by molar-refractivity contribution is 5.95. The van der Waals surface area contributed by atoms with Crippen molar-refractivity contribution in [3.05, 3.63) is 12.2 Å². The molecule has 2 heteroatoms. The second-order valence-electron chi connectivity index (χ2n) is 11.5. The molecule has 3 aliphatic carbocycles. The number of carbonyl (C=O) groups excluding carboxylic acids is 2. The Kier molecular flexibility index (Phi) is 7.11. The predicted octanol–water partition coefficient (Wildman–Crippen LogP) is 7.02. The van der Waals surface area contributed by atoms with Crippen molar-refractivity contribution in [2.75, 3.05) is 0 Å². The summed E-state index contributed by atoms with van der Waals surface area (Å²) in [6, 6.07) is 0. The number of allylic oxidation sites excluding steroid dienone is 2. The van der Waals surface area contributed by atoms with Crippen LogP contribution in [0.15, 0.2) is 12.2 Å². The van der Waals surface area contributed by atoms with Crippen molar-refractivity contribution in [1.29, 1.82) is 0 Å². The second kappa shape index (κ2) is 9.06. The van der Waals surface area contributed by atoms with Crippen LogP contribution in [0.3, 0.4) is 0 Å². The number of carbonyl (C=O) groups is 2. The first kappa shape index (κ1) is 22.8. The van der Waals surface area contributed by atoms with Gasteiger partial charge in [0, 0.05) is 11.8 Å². The zero-order chi connectivity index (χ0) is 21.2. The zero-order valence-corrected chi connectivity index (χ0v) is 19.6. The monoisotopic (exact) mass is 400 g/mol. The predicted molar refractivity (Wildman–Crippen MR) is 121 cm³/mol. The van der Waals surface area contributed by atoms with E-state index in [1.54, 1.807) is 0 Å². The van der Waals surface area contributed by atoms with E-state index in [1.165, 1.54) is 38.5 Å². The zero-order valence-electron chi connectivity index (χ0n) is 19.6. The van der Waals surface area contributed by atoms with Crippen molar-refractivity contribution >= 4 is 12.1 Å². The van der Waals surface area contributed by atoms with Gasteiger partial charge >= 0.3 is 0 Å². The molecule has 0 heterocycles. The van der Waals surface area contributed by atoms with E-state index in [1.807, 2.05) is 12.2 Å². The summed E-state index contributed by atoms with van der Waals surface area (Å²) in [6.07, 6.45) is 16.6. The molecule has 0 saturated heterocycles. The van der Waals surface area contributed by atoms with Crippen LogP contribution < -0.4 is 0 Å². The number of fused-ring (bicyclic) bond motifs is 1. The first-order valence-corrected chi connectivity index (χ1v) is 12.4. The van der Waals surface area contributed by atoms with Gasteiger partial charge in [0.1, 0.15) is 6.29 Å². The SMILES string of the molecule is CC(C)CCC[C@@H](C)[C@H]1CC[C@H]2[C@H](CC=O)[C@@H]([C@@]3(C)CCC=CC3=O)CC[C@]12C. The highest BCUT2D eigenvalue weighted by atomic mass is 16.1. The van der Waals surface area contributed by atoms with Crippen LogP contribution in [0.5, 0.6) is 0 Å². The summed E-state index contributed by atoms with van der Waals surface area (Å²) in [7, 11) is 0. The number of rotatable bonds is 8. The van der Waals surface area contributed by atoms with Gasteiger partial charge in [0.2, 0.25) is 0 Å². The number of ketones is 1. The Bertz CT molecular complexity index is 620. The maximum Gasteiger partial charge on any atom is 0.161 e. The minimum Gasteiger partial charge on any atom is -0.303 e. The van der Waals surface area contributed by atoms with Crippen LogP contribution in [0.4, 0.5) is 0 Å². The topological polar surface area (TPSA) is 34.1 Å². The van der Waals surface area contributed by atoms with Crippen molar-refractivity contribution < 1.29 is 9.59 Å². The van der Waals surface area contributed by atoms with Gasteiger partial charge in [0.25, 0.3) is 0 Å². The fourth-order valence-corrected chi connectivity index (χ4v) is 7.80. The quantitative estimate of drug-likeness (QED) is 0.410. The largest absolute Gasteiger partial charge is 0.303 e.